The molecule has 3 rings (SSSR count). The highest BCUT2D eigenvalue weighted by molar-refractivity contribution is 14.1. The molecule has 2 amide bonds. The van der Waals surface area contributed by atoms with Gasteiger partial charge in [0.25, 0.3) is 5.91 Å². The van der Waals surface area contributed by atoms with E-state index < -0.39 is 17.2 Å². The molecule has 1 aliphatic heterocycles. The summed E-state index contributed by atoms with van der Waals surface area (Å²) in [4.78, 5) is 30.5. The molecule has 0 aromatic heterocycles. The van der Waals surface area contributed by atoms with Crippen LogP contribution in [0.2, 0.25) is 5.02 Å². The highest BCUT2D eigenvalue weighted by Gasteiger charge is 2.58. The number of hydrogen-bond acceptors (Lipinski definition) is 3. The maximum atomic E-state index is 14.8. The third-order valence-electron chi connectivity index (χ3n) is 9.32. The summed E-state index contributed by atoms with van der Waals surface area (Å²) in [5.41, 5.74) is -1.27. The van der Waals surface area contributed by atoms with Crippen LogP contribution in [-0.2, 0) is 11.0 Å². The van der Waals surface area contributed by atoms with Gasteiger partial charge in [0.05, 0.1) is 21.6 Å². The molecule has 0 spiro atoms. The summed E-state index contributed by atoms with van der Waals surface area (Å²) < 4.78 is 45.8. The van der Waals surface area contributed by atoms with Gasteiger partial charge in [0.1, 0.15) is 11.5 Å². The first kappa shape index (κ1) is 36.7. The van der Waals surface area contributed by atoms with Gasteiger partial charge in [-0.2, -0.15) is 13.2 Å². The Kier molecular flexibility index (Phi) is 13.5. The van der Waals surface area contributed by atoms with Gasteiger partial charge in [0.15, 0.2) is 0 Å². The van der Waals surface area contributed by atoms with Crippen molar-refractivity contribution in [1.82, 2.24) is 4.90 Å². The molecule has 1 fully saturated rings. The second kappa shape index (κ2) is 16.1. The number of halogens is 5. The quantitative estimate of drug-likeness (QED) is 0.135. The smallest absolute Gasteiger partial charge is 0.416 e. The molecule has 1 saturated heterocycles. The average Bonchev–Trinajstić information content (AvgIpc) is 2.99. The molecule has 0 saturated carbocycles. The number of carbonyl (C=O) groups is 2. The van der Waals surface area contributed by atoms with E-state index in [4.69, 9.17) is 16.3 Å². The van der Waals surface area contributed by atoms with Gasteiger partial charge in [0.2, 0.25) is 5.91 Å². The third kappa shape index (κ3) is 8.12. The Labute approximate surface area is 279 Å². The molecule has 0 unspecified atom stereocenters. The molecule has 2 aromatic rings. The van der Waals surface area contributed by atoms with Gasteiger partial charge >= 0.3 is 6.18 Å². The molecule has 0 radical (unpaired) electrons. The lowest BCUT2D eigenvalue weighted by molar-refractivity contribution is -0.162. The van der Waals surface area contributed by atoms with Gasteiger partial charge in [-0.15, -0.1) is 0 Å². The molecule has 9 heteroatoms. The van der Waals surface area contributed by atoms with Crippen molar-refractivity contribution in [2.45, 2.75) is 117 Å². The van der Waals surface area contributed by atoms with E-state index in [0.29, 0.717) is 15.7 Å². The van der Waals surface area contributed by atoms with Crippen LogP contribution in [0, 0.1) is 14.4 Å². The van der Waals surface area contributed by atoms with Crippen LogP contribution >= 0.6 is 34.2 Å². The highest BCUT2D eigenvalue weighted by Crippen LogP contribution is 2.59. The van der Waals surface area contributed by atoms with Crippen LogP contribution in [0.15, 0.2) is 36.4 Å². The van der Waals surface area contributed by atoms with E-state index >= 15 is 0 Å². The number of hydrogen-bond donors (Lipinski definition) is 0. The minimum atomic E-state index is -4.53. The Balaban J connectivity index is 2.01. The second-order valence-corrected chi connectivity index (χ2v) is 13.7. The maximum Gasteiger partial charge on any atom is 0.416 e. The number of nitrogens with zero attached hydrogens (tertiary/aromatic N) is 1. The molecule has 44 heavy (non-hydrogen) atoms. The number of imide groups is 1. The van der Waals surface area contributed by atoms with Gasteiger partial charge in [-0.25, -0.2) is 0 Å². The van der Waals surface area contributed by atoms with Crippen molar-refractivity contribution in [1.29, 1.82) is 0 Å². The molecule has 0 N–H and O–H groups in total. The van der Waals surface area contributed by atoms with E-state index in [1.54, 1.807) is 18.2 Å². The molecule has 244 valence electrons. The number of amides is 2. The van der Waals surface area contributed by atoms with Crippen molar-refractivity contribution >= 4 is 46.0 Å². The van der Waals surface area contributed by atoms with Crippen molar-refractivity contribution in [3.05, 3.63) is 56.1 Å². The van der Waals surface area contributed by atoms with E-state index in [0.717, 1.165) is 95.6 Å². The molecule has 0 atom stereocenters. The molecule has 1 heterocycles. The zero-order valence-corrected chi connectivity index (χ0v) is 29.3. The van der Waals surface area contributed by atoms with E-state index in [1.807, 2.05) is 0 Å². The molecule has 4 nitrogen and oxygen atoms in total. The van der Waals surface area contributed by atoms with Crippen molar-refractivity contribution in [2.75, 3.05) is 6.54 Å². The van der Waals surface area contributed by atoms with Crippen LogP contribution < -0.4 is 4.74 Å². The summed E-state index contributed by atoms with van der Waals surface area (Å²) >= 11 is 8.21. The topological polar surface area (TPSA) is 46.6 Å². The average molecular weight is 748 g/mol. The molecule has 0 aliphatic carbocycles. The molecular weight excluding hydrogens is 702 g/mol. The first-order chi connectivity index (χ1) is 20.9. The van der Waals surface area contributed by atoms with Crippen LogP contribution in [0.4, 0.5) is 13.2 Å². The predicted octanol–water partition coefficient (Wildman–Crippen LogP) is 11.9. The predicted molar refractivity (Wildman–Crippen MR) is 179 cm³/mol. The Morgan fingerprint density at radius 3 is 2.00 bits per heavy atom. The van der Waals surface area contributed by atoms with Gasteiger partial charge in [-0.1, -0.05) is 90.7 Å². The first-order valence-electron chi connectivity index (χ1n) is 16.1. The number of carbonyl (C=O) groups excluding carboxylic acids is 2. The summed E-state index contributed by atoms with van der Waals surface area (Å²) in [5.74, 6) is -0.109. The Hall–Kier alpha value is -1.81. The van der Waals surface area contributed by atoms with E-state index in [2.05, 4.69) is 50.3 Å². The lowest BCUT2D eigenvalue weighted by Crippen LogP contribution is -2.61. The highest BCUT2D eigenvalue weighted by atomic mass is 127. The number of ether oxygens (including phenoxy) is 1. The third-order valence-corrected chi connectivity index (χ3v) is 10.6. The number of alkyl halides is 3. The van der Waals surface area contributed by atoms with Gasteiger partial charge in [-0.3, -0.25) is 14.5 Å². The normalized spacial score (nSPS) is 16.3. The SMILES string of the molecule is CCCCC1(CCCC)CCN(C(=O)c2cc(Oc3ccc(C(F)(F)F)cc3Cl)ccc2I)C(=O)C1(CCCC)CCCC. The Morgan fingerprint density at radius 2 is 1.48 bits per heavy atom. The van der Waals surface area contributed by atoms with Crippen LogP contribution in [-0.4, -0.2) is 23.3 Å². The van der Waals surface area contributed by atoms with Crippen molar-refractivity contribution in [3.63, 3.8) is 0 Å². The number of benzene rings is 2. The summed E-state index contributed by atoms with van der Waals surface area (Å²) in [6, 6.07) is 7.79. The summed E-state index contributed by atoms with van der Waals surface area (Å²) in [5, 5.41) is -0.190. The van der Waals surface area contributed by atoms with Crippen LogP contribution in [0.3, 0.4) is 0 Å². The zero-order chi connectivity index (χ0) is 32.5. The summed E-state index contributed by atoms with van der Waals surface area (Å²) in [6.07, 6.45) is 7.93. The molecule has 0 bridgehead atoms. The molecule has 1 aliphatic rings. The number of likely N-dealkylation sites (tertiary alicyclic amines) is 1. The maximum absolute atomic E-state index is 14.8. The lowest BCUT2D eigenvalue weighted by atomic mass is 9.51. The fraction of sp³-hybridized carbons (Fsp3) is 0.600. The Bertz CT molecular complexity index is 1270. The van der Waals surface area contributed by atoms with Crippen molar-refractivity contribution in [3.8, 4) is 11.5 Å². The standard InChI is InChI=1S/C35H46ClF3INO3/c1-5-9-17-33(18-10-6-2)21-22-41(32(43)34(33,19-11-7-3)20-12-8-4)31(42)27-24-26(14-15-29(27)40)44-30-16-13-25(23-28(30)36)35(37,38)39/h13-16,23-24H,5-12,17-22H2,1-4H3. The van der Waals surface area contributed by atoms with Crippen LogP contribution in [0.1, 0.15) is 127 Å². The van der Waals surface area contributed by atoms with Gasteiger partial charge < -0.3 is 4.74 Å². The van der Waals surface area contributed by atoms with Crippen LogP contribution in [0.25, 0.3) is 0 Å². The number of rotatable bonds is 15. The molecular formula is C35H46ClF3INO3. The summed E-state index contributed by atoms with van der Waals surface area (Å²) in [7, 11) is 0. The zero-order valence-electron chi connectivity index (χ0n) is 26.4. The van der Waals surface area contributed by atoms with E-state index in [-0.39, 0.29) is 33.8 Å². The van der Waals surface area contributed by atoms with Crippen LogP contribution in [0.5, 0.6) is 11.5 Å². The first-order valence-corrected chi connectivity index (χ1v) is 17.6. The minimum absolute atomic E-state index is 0.0445. The van der Waals surface area contributed by atoms with E-state index in [9.17, 15) is 22.8 Å². The lowest BCUT2D eigenvalue weighted by Gasteiger charge is -2.56. The van der Waals surface area contributed by atoms with E-state index in [1.165, 1.54) is 11.0 Å². The fourth-order valence-electron chi connectivity index (χ4n) is 6.82. The largest absolute Gasteiger partial charge is 0.456 e. The molecule has 2 aromatic carbocycles. The van der Waals surface area contributed by atoms with Gasteiger partial charge in [0, 0.05) is 10.1 Å². The van der Waals surface area contributed by atoms with Gasteiger partial charge in [-0.05, 0) is 96.5 Å². The second-order valence-electron chi connectivity index (χ2n) is 12.2. The summed E-state index contributed by atoms with van der Waals surface area (Å²) in [6.45, 7) is 9.07. The minimum Gasteiger partial charge on any atom is -0.456 e. The number of unbranched alkanes of at least 4 members (excludes halogenated alkanes) is 4. The number of piperidine rings is 1. The fourth-order valence-corrected chi connectivity index (χ4v) is 7.61. The van der Waals surface area contributed by atoms with Crippen molar-refractivity contribution < 1.29 is 27.5 Å². The van der Waals surface area contributed by atoms with Crippen molar-refractivity contribution in [2.24, 2.45) is 10.8 Å². The Morgan fingerprint density at radius 1 is 0.909 bits per heavy atom. The monoisotopic (exact) mass is 747 g/mol.